The van der Waals surface area contributed by atoms with Gasteiger partial charge in [0, 0.05) is 19.0 Å². The van der Waals surface area contributed by atoms with Crippen molar-refractivity contribution in [1.82, 2.24) is 14.3 Å². The molecular formula is C27H29ClF2N4O3. The molecule has 37 heavy (non-hydrogen) atoms. The third kappa shape index (κ3) is 5.14. The molecule has 2 aliphatic rings. The molecule has 1 saturated carbocycles. The van der Waals surface area contributed by atoms with Crippen molar-refractivity contribution in [3.63, 3.8) is 0 Å². The monoisotopic (exact) mass is 530 g/mol. The molecule has 0 spiro atoms. The molecule has 1 N–H and O–H groups in total. The molecule has 3 aromatic rings. The number of nitrogens with one attached hydrogen (secondary N) is 1. The molecule has 1 amide bonds. The van der Waals surface area contributed by atoms with Gasteiger partial charge >= 0.3 is 5.69 Å². The number of hydrogen-bond donors (Lipinski definition) is 1. The Hall–Kier alpha value is -3.20. The second-order valence-electron chi connectivity index (χ2n) is 9.80. The number of ether oxygens (including phenoxy) is 1. The largest absolute Gasteiger partial charge is 0.490 e. The maximum atomic E-state index is 15.5. The maximum absolute atomic E-state index is 15.5. The minimum Gasteiger partial charge on any atom is -0.490 e. The molecular weight excluding hydrogens is 502 g/mol. The highest BCUT2D eigenvalue weighted by Gasteiger charge is 2.27. The van der Waals surface area contributed by atoms with Gasteiger partial charge in [0.05, 0.1) is 22.4 Å². The van der Waals surface area contributed by atoms with Gasteiger partial charge in [-0.3, -0.25) is 9.36 Å². The van der Waals surface area contributed by atoms with E-state index in [0.717, 1.165) is 49.3 Å². The summed E-state index contributed by atoms with van der Waals surface area (Å²) in [6, 6.07) is 6.43. The third-order valence-corrected chi connectivity index (χ3v) is 7.70. The summed E-state index contributed by atoms with van der Waals surface area (Å²) in [5.74, 6) is -1.18. The van der Waals surface area contributed by atoms with Crippen LogP contribution in [0, 0.1) is 17.6 Å². The van der Waals surface area contributed by atoms with Crippen LogP contribution in [0.5, 0.6) is 5.75 Å². The Morgan fingerprint density at radius 3 is 2.68 bits per heavy atom. The molecule has 2 heterocycles. The normalized spacial score (nSPS) is 16.8. The second-order valence-corrected chi connectivity index (χ2v) is 10.2. The van der Waals surface area contributed by atoms with Crippen molar-refractivity contribution in [2.75, 3.05) is 5.32 Å². The third-order valence-electron chi connectivity index (χ3n) is 7.32. The van der Waals surface area contributed by atoms with Crippen molar-refractivity contribution in [3.05, 3.63) is 68.9 Å². The lowest BCUT2D eigenvalue weighted by molar-refractivity contribution is 0.0997. The molecule has 0 bridgehead atoms. The first-order valence-corrected chi connectivity index (χ1v) is 13.2. The Bertz CT molecular complexity index is 1380. The molecule has 10 heteroatoms. The molecule has 1 aliphatic carbocycles. The summed E-state index contributed by atoms with van der Waals surface area (Å²) in [6.07, 6.45) is 7.56. The van der Waals surface area contributed by atoms with Crippen molar-refractivity contribution in [1.29, 1.82) is 0 Å². The van der Waals surface area contributed by atoms with Crippen molar-refractivity contribution < 1.29 is 18.3 Å². The first kappa shape index (κ1) is 25.4. The smallest absolute Gasteiger partial charge is 0.350 e. The first-order valence-electron chi connectivity index (χ1n) is 12.8. The summed E-state index contributed by atoms with van der Waals surface area (Å²) in [7, 11) is 0. The molecule has 1 atom stereocenters. The lowest BCUT2D eigenvalue weighted by atomic mass is 9.86. The Labute approximate surface area is 218 Å². The van der Waals surface area contributed by atoms with E-state index in [9.17, 15) is 14.0 Å². The molecule has 196 valence electrons. The van der Waals surface area contributed by atoms with Crippen LogP contribution in [-0.4, -0.2) is 26.4 Å². The zero-order valence-corrected chi connectivity index (χ0v) is 21.4. The number of amides is 1. The number of carbonyl (C=O) groups excluding carboxylic acids is 1. The fourth-order valence-electron chi connectivity index (χ4n) is 5.23. The maximum Gasteiger partial charge on any atom is 0.350 e. The molecule has 0 radical (unpaired) electrons. The van der Waals surface area contributed by atoms with Crippen LogP contribution in [0.15, 0.2) is 35.1 Å². The van der Waals surface area contributed by atoms with Gasteiger partial charge in [-0.2, -0.15) is 4.68 Å². The molecule has 7 nitrogen and oxygen atoms in total. The molecule has 0 saturated heterocycles. The Morgan fingerprint density at radius 1 is 1.14 bits per heavy atom. The van der Waals surface area contributed by atoms with Gasteiger partial charge in [-0.15, -0.1) is 5.10 Å². The summed E-state index contributed by atoms with van der Waals surface area (Å²) >= 11 is 6.01. The van der Waals surface area contributed by atoms with Crippen LogP contribution in [-0.2, 0) is 13.0 Å². The summed E-state index contributed by atoms with van der Waals surface area (Å²) in [5.41, 5.74) is -0.539. The van der Waals surface area contributed by atoms with Crippen LogP contribution in [0.2, 0.25) is 5.02 Å². The molecule has 1 fully saturated rings. The molecule has 2 aromatic carbocycles. The fraction of sp³-hybridized carbons (Fsp3) is 0.444. The summed E-state index contributed by atoms with van der Waals surface area (Å²) in [5, 5.41) is 6.67. The van der Waals surface area contributed by atoms with E-state index in [1.165, 1.54) is 30.7 Å². The lowest BCUT2D eigenvalue weighted by Gasteiger charge is -2.29. The Balaban J connectivity index is 1.54. The number of hydrogen-bond acceptors (Lipinski definition) is 4. The number of aromatic nitrogens is 3. The lowest BCUT2D eigenvalue weighted by Crippen LogP contribution is -2.28. The van der Waals surface area contributed by atoms with Gasteiger partial charge in [-0.25, -0.2) is 13.6 Å². The van der Waals surface area contributed by atoms with Crippen LogP contribution in [0.1, 0.15) is 68.1 Å². The van der Waals surface area contributed by atoms with E-state index in [4.69, 9.17) is 16.3 Å². The van der Waals surface area contributed by atoms with Gasteiger partial charge in [0.1, 0.15) is 28.9 Å². The van der Waals surface area contributed by atoms with Crippen LogP contribution in [0.4, 0.5) is 14.5 Å². The van der Waals surface area contributed by atoms with E-state index in [0.29, 0.717) is 24.7 Å². The number of benzene rings is 2. The minimum atomic E-state index is -0.800. The number of nitrogens with zero attached hydrogens (tertiary/aromatic N) is 3. The van der Waals surface area contributed by atoms with Crippen molar-refractivity contribution >= 4 is 23.2 Å². The average Bonchev–Trinajstić information content (AvgIpc) is 3.24. The van der Waals surface area contributed by atoms with Gasteiger partial charge in [-0.1, -0.05) is 36.9 Å². The van der Waals surface area contributed by atoms with E-state index >= 15 is 4.39 Å². The molecule has 1 aliphatic heterocycles. The van der Waals surface area contributed by atoms with Crippen LogP contribution < -0.4 is 15.7 Å². The molecule has 1 aromatic heterocycles. The van der Waals surface area contributed by atoms with E-state index in [-0.39, 0.29) is 33.8 Å². The zero-order chi connectivity index (χ0) is 26.1. The van der Waals surface area contributed by atoms with E-state index in [1.807, 2.05) is 6.92 Å². The van der Waals surface area contributed by atoms with E-state index < -0.39 is 23.2 Å². The van der Waals surface area contributed by atoms with Crippen LogP contribution in [0.25, 0.3) is 5.69 Å². The SMILES string of the molecule is CC(Oc1cc(-n2nc3n(c2=O)CCCC3)c(F)cc1C(=O)Nc1cccc(F)c1Cl)C1CCCCC1. The quantitative estimate of drug-likeness (QED) is 0.430. The van der Waals surface area contributed by atoms with Gasteiger partial charge < -0.3 is 10.1 Å². The van der Waals surface area contributed by atoms with Gasteiger partial charge in [0.2, 0.25) is 0 Å². The van der Waals surface area contributed by atoms with Crippen molar-refractivity contribution in [2.45, 2.75) is 70.9 Å². The van der Waals surface area contributed by atoms with E-state index in [2.05, 4.69) is 10.4 Å². The fourth-order valence-corrected chi connectivity index (χ4v) is 5.40. The Kier molecular flexibility index (Phi) is 7.33. The second kappa shape index (κ2) is 10.7. The van der Waals surface area contributed by atoms with Gasteiger partial charge in [-0.05, 0) is 56.7 Å². The van der Waals surface area contributed by atoms with Crippen LogP contribution in [0.3, 0.4) is 0 Å². The summed E-state index contributed by atoms with van der Waals surface area (Å²) < 4.78 is 38.3. The number of fused-ring (bicyclic) bond motifs is 1. The number of carbonyl (C=O) groups is 1. The first-order chi connectivity index (χ1) is 17.8. The number of anilines is 1. The topological polar surface area (TPSA) is 78.2 Å². The molecule has 1 unspecified atom stereocenters. The predicted octanol–water partition coefficient (Wildman–Crippen LogP) is 5.90. The number of aryl methyl sites for hydroxylation is 1. The highest BCUT2D eigenvalue weighted by atomic mass is 35.5. The average molecular weight is 531 g/mol. The predicted molar refractivity (Wildman–Crippen MR) is 137 cm³/mol. The molecule has 5 rings (SSSR count). The number of halogens is 3. The Morgan fingerprint density at radius 2 is 1.92 bits per heavy atom. The summed E-state index contributed by atoms with van der Waals surface area (Å²) in [6.45, 7) is 2.47. The van der Waals surface area contributed by atoms with Crippen molar-refractivity contribution in [2.24, 2.45) is 5.92 Å². The number of rotatable bonds is 6. The van der Waals surface area contributed by atoms with E-state index in [1.54, 1.807) is 4.57 Å². The van der Waals surface area contributed by atoms with Crippen molar-refractivity contribution in [3.8, 4) is 11.4 Å². The minimum absolute atomic E-state index is 0.0560. The van der Waals surface area contributed by atoms with Gasteiger partial charge in [0.25, 0.3) is 5.91 Å². The van der Waals surface area contributed by atoms with Gasteiger partial charge in [0.15, 0.2) is 0 Å². The summed E-state index contributed by atoms with van der Waals surface area (Å²) in [4.78, 5) is 26.3. The highest BCUT2D eigenvalue weighted by Crippen LogP contribution is 2.33. The highest BCUT2D eigenvalue weighted by molar-refractivity contribution is 6.34. The standard InChI is InChI=1S/C27H29ClF2N4O3/c1-16(17-8-3-2-4-9-17)37-23-15-22(34-27(36)33-13-6-5-12-24(33)32-34)20(30)14-18(23)26(35)31-21-11-7-10-19(29)25(21)28/h7,10-11,14-17H,2-6,8-9,12-13H2,1H3,(H,31,35). The zero-order valence-electron chi connectivity index (χ0n) is 20.6. The van der Waals surface area contributed by atoms with Crippen LogP contribution >= 0.6 is 11.6 Å².